The molecule has 0 aliphatic carbocycles. The zero-order valence-corrected chi connectivity index (χ0v) is 15.4. The molecule has 1 atom stereocenters. The molecule has 3 rings (SSSR count). The van der Waals surface area contributed by atoms with Crippen molar-refractivity contribution in [2.24, 2.45) is 0 Å². The number of carbonyl (C=O) groups is 1. The largest absolute Gasteiger partial charge is 0.416 e. The summed E-state index contributed by atoms with van der Waals surface area (Å²) in [5.41, 5.74) is 0.495. The molecule has 1 N–H and O–H groups in total. The lowest BCUT2D eigenvalue weighted by Crippen LogP contribution is -2.17. The molecule has 3 nitrogen and oxygen atoms in total. The van der Waals surface area contributed by atoms with Crippen LogP contribution in [0, 0.1) is 0 Å². The molecular formula is C19H14ClF3N2OS. The maximum absolute atomic E-state index is 12.8. The quantitative estimate of drug-likeness (QED) is 0.550. The number of benzene rings is 2. The lowest BCUT2D eigenvalue weighted by atomic mass is 10.1. The van der Waals surface area contributed by atoms with E-state index in [1.165, 1.54) is 23.6 Å². The normalized spacial score (nSPS) is 12.6. The highest BCUT2D eigenvalue weighted by atomic mass is 35.5. The van der Waals surface area contributed by atoms with E-state index in [9.17, 15) is 18.0 Å². The van der Waals surface area contributed by atoms with Crippen molar-refractivity contribution in [1.29, 1.82) is 0 Å². The number of thiazole rings is 1. The van der Waals surface area contributed by atoms with Crippen LogP contribution in [0.4, 0.5) is 18.3 Å². The third-order valence-electron chi connectivity index (χ3n) is 3.74. The summed E-state index contributed by atoms with van der Waals surface area (Å²) in [4.78, 5) is 17.1. The highest BCUT2D eigenvalue weighted by molar-refractivity contribution is 7.15. The van der Waals surface area contributed by atoms with E-state index in [1.54, 1.807) is 30.3 Å². The summed E-state index contributed by atoms with van der Waals surface area (Å²) in [5.74, 6) is -0.414. The van der Waals surface area contributed by atoms with Crippen LogP contribution in [-0.2, 0) is 17.4 Å². The van der Waals surface area contributed by atoms with Crippen LogP contribution in [0.3, 0.4) is 0 Å². The number of nitrogens with zero attached hydrogens (tertiary/aromatic N) is 1. The van der Waals surface area contributed by atoms with Gasteiger partial charge in [-0.25, -0.2) is 4.98 Å². The lowest BCUT2D eigenvalue weighted by Gasteiger charge is -2.09. The SMILES string of the molecule is O=C(Nc1ncc(Cc2cccc(C(F)(F)F)c2)s1)C(Cl)c1ccccc1. The van der Waals surface area contributed by atoms with E-state index in [2.05, 4.69) is 10.3 Å². The third kappa shape index (κ3) is 5.08. The van der Waals surface area contributed by atoms with Gasteiger partial charge < -0.3 is 5.32 Å². The Balaban J connectivity index is 1.66. The minimum absolute atomic E-state index is 0.292. The molecule has 27 heavy (non-hydrogen) atoms. The summed E-state index contributed by atoms with van der Waals surface area (Å²) in [5, 5.41) is 2.13. The molecule has 0 saturated carbocycles. The van der Waals surface area contributed by atoms with Crippen molar-refractivity contribution in [2.75, 3.05) is 5.32 Å². The number of hydrogen-bond acceptors (Lipinski definition) is 3. The number of nitrogens with one attached hydrogen (secondary N) is 1. The second-order valence-electron chi connectivity index (χ2n) is 5.77. The van der Waals surface area contributed by atoms with Crippen LogP contribution in [0.2, 0.25) is 0 Å². The molecule has 1 heterocycles. The molecule has 2 aromatic carbocycles. The number of aromatic nitrogens is 1. The van der Waals surface area contributed by atoms with Crippen molar-refractivity contribution in [2.45, 2.75) is 18.0 Å². The van der Waals surface area contributed by atoms with Gasteiger partial charge in [-0.2, -0.15) is 13.2 Å². The number of carbonyl (C=O) groups excluding carboxylic acids is 1. The van der Waals surface area contributed by atoms with Crippen LogP contribution in [0.25, 0.3) is 0 Å². The highest BCUT2D eigenvalue weighted by Crippen LogP contribution is 2.31. The Hall–Kier alpha value is -2.38. The van der Waals surface area contributed by atoms with Gasteiger partial charge in [-0.05, 0) is 17.2 Å². The molecule has 0 fully saturated rings. The molecule has 1 amide bonds. The summed E-state index contributed by atoms with van der Waals surface area (Å²) >= 11 is 7.36. The van der Waals surface area contributed by atoms with Crippen LogP contribution in [0.5, 0.6) is 0 Å². The monoisotopic (exact) mass is 410 g/mol. The summed E-state index contributed by atoms with van der Waals surface area (Å²) in [6, 6.07) is 14.0. The van der Waals surface area contributed by atoms with Gasteiger partial charge in [0.2, 0.25) is 5.91 Å². The van der Waals surface area contributed by atoms with Gasteiger partial charge in [0.25, 0.3) is 0 Å². The number of amides is 1. The van der Waals surface area contributed by atoms with Crippen LogP contribution >= 0.6 is 22.9 Å². The van der Waals surface area contributed by atoms with Crippen molar-refractivity contribution < 1.29 is 18.0 Å². The van der Waals surface area contributed by atoms with Crippen molar-refractivity contribution in [3.8, 4) is 0 Å². The first-order valence-corrected chi connectivity index (χ1v) is 9.19. The van der Waals surface area contributed by atoms with Crippen LogP contribution in [0.1, 0.15) is 26.9 Å². The highest BCUT2D eigenvalue weighted by Gasteiger charge is 2.30. The van der Waals surface area contributed by atoms with Gasteiger partial charge in [-0.1, -0.05) is 48.5 Å². The molecule has 140 valence electrons. The van der Waals surface area contributed by atoms with E-state index < -0.39 is 23.0 Å². The first kappa shape index (κ1) is 19.4. The summed E-state index contributed by atoms with van der Waals surface area (Å²) in [6.45, 7) is 0. The summed E-state index contributed by atoms with van der Waals surface area (Å²) in [6.07, 6.45) is -2.55. The number of alkyl halides is 4. The zero-order valence-electron chi connectivity index (χ0n) is 13.8. The molecule has 0 bridgehead atoms. The molecule has 0 saturated heterocycles. The average molecular weight is 411 g/mol. The van der Waals surface area contributed by atoms with Crippen molar-refractivity contribution in [1.82, 2.24) is 4.98 Å². The maximum atomic E-state index is 12.8. The Morgan fingerprint density at radius 3 is 2.59 bits per heavy atom. The summed E-state index contributed by atoms with van der Waals surface area (Å²) < 4.78 is 38.4. The fraction of sp³-hybridized carbons (Fsp3) is 0.158. The van der Waals surface area contributed by atoms with Crippen LogP contribution < -0.4 is 5.32 Å². The standard InChI is InChI=1S/C19H14ClF3N2OS/c20-16(13-6-2-1-3-7-13)17(26)25-18-24-11-15(27-18)10-12-5-4-8-14(9-12)19(21,22)23/h1-9,11,16H,10H2,(H,24,25,26). The van der Waals surface area contributed by atoms with E-state index in [-0.39, 0.29) is 0 Å². The Morgan fingerprint density at radius 2 is 1.89 bits per heavy atom. The first-order valence-electron chi connectivity index (χ1n) is 7.93. The first-order chi connectivity index (χ1) is 12.8. The molecule has 3 aromatic rings. The fourth-order valence-corrected chi connectivity index (χ4v) is 3.50. The van der Waals surface area contributed by atoms with Gasteiger partial charge in [0, 0.05) is 17.5 Å². The average Bonchev–Trinajstić information content (AvgIpc) is 3.08. The van der Waals surface area contributed by atoms with E-state index >= 15 is 0 Å². The van der Waals surface area contributed by atoms with E-state index in [0.717, 1.165) is 17.0 Å². The Bertz CT molecular complexity index is 928. The topological polar surface area (TPSA) is 42.0 Å². The minimum atomic E-state index is -4.38. The second kappa shape index (κ2) is 8.10. The van der Waals surface area contributed by atoms with Crippen molar-refractivity contribution >= 4 is 34.0 Å². The van der Waals surface area contributed by atoms with E-state index in [4.69, 9.17) is 11.6 Å². The maximum Gasteiger partial charge on any atom is 0.416 e. The Kier molecular flexibility index (Phi) is 5.82. The number of halogens is 4. The molecule has 1 unspecified atom stereocenters. The minimum Gasteiger partial charge on any atom is -0.300 e. The van der Waals surface area contributed by atoms with Gasteiger partial charge in [0.05, 0.1) is 5.56 Å². The van der Waals surface area contributed by atoms with Gasteiger partial charge >= 0.3 is 6.18 Å². The van der Waals surface area contributed by atoms with E-state index in [1.807, 2.05) is 6.07 Å². The number of rotatable bonds is 5. The van der Waals surface area contributed by atoms with Gasteiger partial charge in [-0.15, -0.1) is 22.9 Å². The van der Waals surface area contributed by atoms with Crippen molar-refractivity contribution in [3.63, 3.8) is 0 Å². The predicted molar refractivity (Wildman–Crippen MR) is 100 cm³/mol. The van der Waals surface area contributed by atoms with Crippen molar-refractivity contribution in [3.05, 3.63) is 82.4 Å². The fourth-order valence-electron chi connectivity index (χ4n) is 2.45. The smallest absolute Gasteiger partial charge is 0.300 e. The van der Waals surface area contributed by atoms with Gasteiger partial charge in [0.15, 0.2) is 5.13 Å². The molecule has 0 spiro atoms. The summed E-state index contributed by atoms with van der Waals surface area (Å²) in [7, 11) is 0. The number of anilines is 1. The number of hydrogen-bond donors (Lipinski definition) is 1. The third-order valence-corrected chi connectivity index (χ3v) is 5.10. The predicted octanol–water partition coefficient (Wildman–Crippen LogP) is 5.67. The molecule has 8 heteroatoms. The molecule has 0 aliphatic heterocycles. The second-order valence-corrected chi connectivity index (χ2v) is 7.32. The zero-order chi connectivity index (χ0) is 19.4. The Labute approximate surface area is 162 Å². The van der Waals surface area contributed by atoms with Crippen LogP contribution in [-0.4, -0.2) is 10.9 Å². The van der Waals surface area contributed by atoms with E-state index in [0.29, 0.717) is 22.7 Å². The molecule has 1 aromatic heterocycles. The Morgan fingerprint density at radius 1 is 1.15 bits per heavy atom. The van der Waals surface area contributed by atoms with Crippen LogP contribution in [0.15, 0.2) is 60.8 Å². The molecular weight excluding hydrogens is 397 g/mol. The van der Waals surface area contributed by atoms with Gasteiger partial charge in [-0.3, -0.25) is 4.79 Å². The lowest BCUT2D eigenvalue weighted by molar-refractivity contribution is -0.137. The molecule has 0 radical (unpaired) electrons. The molecule has 0 aliphatic rings. The van der Waals surface area contributed by atoms with Gasteiger partial charge in [0.1, 0.15) is 5.38 Å².